The average Bonchev–Trinajstić information content (AvgIpc) is 3.17. The first kappa shape index (κ1) is 24.3. The number of benzene rings is 3. The van der Waals surface area contributed by atoms with E-state index >= 15 is 0 Å². The Balaban J connectivity index is 1.83. The summed E-state index contributed by atoms with van der Waals surface area (Å²) in [4.78, 5) is 38.6. The fraction of sp³-hybridized carbons (Fsp3) is 0.148. The molecule has 0 radical (unpaired) electrons. The van der Waals surface area contributed by atoms with Gasteiger partial charge >= 0.3 is 5.97 Å². The summed E-state index contributed by atoms with van der Waals surface area (Å²) in [5.41, 5.74) is 1.18. The molecule has 184 valence electrons. The number of anilines is 1. The lowest BCUT2D eigenvalue weighted by atomic mass is 9.95. The number of ether oxygens (including phenoxy) is 3. The summed E-state index contributed by atoms with van der Waals surface area (Å²) >= 11 is 0. The van der Waals surface area contributed by atoms with Crippen LogP contribution in [0.3, 0.4) is 0 Å². The van der Waals surface area contributed by atoms with Crippen molar-refractivity contribution in [3.8, 4) is 17.2 Å². The third-order valence-corrected chi connectivity index (χ3v) is 5.69. The van der Waals surface area contributed by atoms with Gasteiger partial charge in [0.05, 0.1) is 25.8 Å². The zero-order valence-corrected chi connectivity index (χ0v) is 19.5. The number of carbonyl (C=O) groups excluding carboxylic acids is 2. The first-order valence-electron chi connectivity index (χ1n) is 10.9. The van der Waals surface area contributed by atoms with Crippen LogP contribution < -0.4 is 19.1 Å². The number of hydrogen-bond donors (Lipinski definition) is 2. The van der Waals surface area contributed by atoms with E-state index in [1.165, 1.54) is 31.3 Å². The quantitative estimate of drug-likeness (QED) is 0.278. The topological polar surface area (TPSA) is 123 Å². The summed E-state index contributed by atoms with van der Waals surface area (Å²) in [6.45, 7) is -0.518. The van der Waals surface area contributed by atoms with Crippen molar-refractivity contribution in [2.45, 2.75) is 6.04 Å². The standard InChI is InChI=1S/C27H23NO8/c1-34-19-10-6-16(7-11-19)25(31)23-24(17-4-3-5-21(14-17)35-2)28(27(33)26(23)32)18-8-12-20(13-9-18)36-15-22(29)30/h3-14,24,31H,15H2,1-2H3,(H,29,30)/t24-/m1/s1. The van der Waals surface area contributed by atoms with Crippen LogP contribution in [0.15, 0.2) is 78.4 Å². The molecule has 3 aromatic carbocycles. The molecule has 1 saturated heterocycles. The zero-order chi connectivity index (χ0) is 25.8. The number of aliphatic hydroxyl groups excluding tert-OH is 1. The second kappa shape index (κ2) is 10.2. The molecule has 1 aliphatic heterocycles. The second-order valence-electron chi connectivity index (χ2n) is 7.85. The number of ketones is 1. The molecule has 1 amide bonds. The largest absolute Gasteiger partial charge is 0.507 e. The van der Waals surface area contributed by atoms with E-state index in [2.05, 4.69) is 0 Å². The summed E-state index contributed by atoms with van der Waals surface area (Å²) in [7, 11) is 3.02. The van der Waals surface area contributed by atoms with Crippen molar-refractivity contribution >= 4 is 29.1 Å². The van der Waals surface area contributed by atoms with Gasteiger partial charge in [0.2, 0.25) is 0 Å². The summed E-state index contributed by atoms with van der Waals surface area (Å²) in [6, 6.07) is 18.5. The predicted octanol–water partition coefficient (Wildman–Crippen LogP) is 3.79. The van der Waals surface area contributed by atoms with Gasteiger partial charge in [-0.05, 0) is 66.2 Å². The van der Waals surface area contributed by atoms with Gasteiger partial charge in [-0.25, -0.2) is 4.79 Å². The maximum atomic E-state index is 13.3. The van der Waals surface area contributed by atoms with Crippen molar-refractivity contribution in [1.29, 1.82) is 0 Å². The van der Waals surface area contributed by atoms with Gasteiger partial charge in [-0.2, -0.15) is 0 Å². The highest BCUT2D eigenvalue weighted by molar-refractivity contribution is 6.51. The normalized spacial score (nSPS) is 16.6. The van der Waals surface area contributed by atoms with Crippen LogP contribution in [0.5, 0.6) is 17.2 Å². The van der Waals surface area contributed by atoms with Crippen molar-refractivity contribution in [2.24, 2.45) is 0 Å². The number of amides is 1. The van der Waals surface area contributed by atoms with Crippen LogP contribution in [0.4, 0.5) is 5.69 Å². The van der Waals surface area contributed by atoms with Gasteiger partial charge < -0.3 is 24.4 Å². The third-order valence-electron chi connectivity index (χ3n) is 5.69. The number of aliphatic carboxylic acids is 1. The Morgan fingerprint density at radius 2 is 1.50 bits per heavy atom. The van der Waals surface area contributed by atoms with Crippen LogP contribution in [0.25, 0.3) is 5.76 Å². The summed E-state index contributed by atoms with van der Waals surface area (Å²) in [5.74, 6) is -1.75. The highest BCUT2D eigenvalue weighted by Gasteiger charge is 2.47. The van der Waals surface area contributed by atoms with Crippen molar-refractivity contribution in [3.63, 3.8) is 0 Å². The van der Waals surface area contributed by atoms with Crippen molar-refractivity contribution < 1.29 is 38.8 Å². The van der Waals surface area contributed by atoms with Gasteiger partial charge in [-0.1, -0.05) is 12.1 Å². The van der Waals surface area contributed by atoms with Crippen LogP contribution in [0.2, 0.25) is 0 Å². The van der Waals surface area contributed by atoms with Crippen LogP contribution in [0.1, 0.15) is 17.2 Å². The van der Waals surface area contributed by atoms with Crippen LogP contribution in [-0.4, -0.2) is 48.7 Å². The van der Waals surface area contributed by atoms with E-state index < -0.39 is 30.3 Å². The monoisotopic (exact) mass is 489 g/mol. The molecular formula is C27H23NO8. The lowest BCUT2D eigenvalue weighted by Crippen LogP contribution is -2.29. The number of Topliss-reactive ketones (excluding diaryl/α,β-unsaturated/α-hetero) is 1. The Hall–Kier alpha value is -4.79. The molecule has 4 rings (SSSR count). The molecule has 1 atom stereocenters. The molecule has 0 unspecified atom stereocenters. The van der Waals surface area contributed by atoms with E-state index in [-0.39, 0.29) is 17.1 Å². The summed E-state index contributed by atoms with van der Waals surface area (Å²) in [6.07, 6.45) is 0. The molecule has 0 saturated carbocycles. The highest BCUT2D eigenvalue weighted by Crippen LogP contribution is 2.43. The zero-order valence-electron chi connectivity index (χ0n) is 19.5. The number of nitrogens with zero attached hydrogens (tertiary/aromatic N) is 1. The highest BCUT2D eigenvalue weighted by atomic mass is 16.5. The maximum Gasteiger partial charge on any atom is 0.341 e. The SMILES string of the molecule is COc1ccc(C(O)=C2C(=O)C(=O)N(c3ccc(OCC(=O)O)cc3)[C@@H]2c2cccc(OC)c2)cc1. The predicted molar refractivity (Wildman–Crippen MR) is 130 cm³/mol. The first-order chi connectivity index (χ1) is 17.3. The van der Waals surface area contributed by atoms with Crippen molar-refractivity contribution in [1.82, 2.24) is 0 Å². The molecule has 0 spiro atoms. The van der Waals surface area contributed by atoms with Crippen LogP contribution in [0, 0.1) is 0 Å². The smallest absolute Gasteiger partial charge is 0.341 e. The minimum absolute atomic E-state index is 0.0791. The number of carboxylic acids is 1. The van der Waals surface area contributed by atoms with Crippen LogP contribution >= 0.6 is 0 Å². The molecule has 1 heterocycles. The number of methoxy groups -OCH3 is 2. The lowest BCUT2D eigenvalue weighted by molar-refractivity contribution is -0.139. The molecule has 9 nitrogen and oxygen atoms in total. The number of carbonyl (C=O) groups is 3. The number of carboxylic acid groups (broad SMARTS) is 1. The van der Waals surface area contributed by atoms with Gasteiger partial charge in [0.1, 0.15) is 23.0 Å². The number of aliphatic hydroxyl groups is 1. The number of hydrogen-bond acceptors (Lipinski definition) is 7. The molecule has 9 heteroatoms. The molecule has 1 aliphatic rings. The van der Waals surface area contributed by atoms with Gasteiger partial charge in [-0.3, -0.25) is 14.5 Å². The Morgan fingerprint density at radius 3 is 2.11 bits per heavy atom. The molecule has 1 fully saturated rings. The first-order valence-corrected chi connectivity index (χ1v) is 10.9. The fourth-order valence-corrected chi connectivity index (χ4v) is 3.98. The van der Waals surface area contributed by atoms with E-state index in [0.29, 0.717) is 28.3 Å². The number of rotatable bonds is 8. The molecule has 36 heavy (non-hydrogen) atoms. The molecule has 0 aromatic heterocycles. The Morgan fingerprint density at radius 1 is 0.861 bits per heavy atom. The van der Waals surface area contributed by atoms with E-state index in [1.54, 1.807) is 60.7 Å². The second-order valence-corrected chi connectivity index (χ2v) is 7.85. The molecule has 0 aliphatic carbocycles. The van der Waals surface area contributed by atoms with Gasteiger partial charge in [0, 0.05) is 11.3 Å². The fourth-order valence-electron chi connectivity index (χ4n) is 3.98. The van der Waals surface area contributed by atoms with E-state index in [1.807, 2.05) is 0 Å². The van der Waals surface area contributed by atoms with Gasteiger partial charge in [-0.15, -0.1) is 0 Å². The Kier molecular flexibility index (Phi) is 6.91. The lowest BCUT2D eigenvalue weighted by Gasteiger charge is -2.26. The van der Waals surface area contributed by atoms with Gasteiger partial charge in [0.25, 0.3) is 11.7 Å². The third kappa shape index (κ3) is 4.72. The minimum Gasteiger partial charge on any atom is -0.507 e. The maximum absolute atomic E-state index is 13.3. The minimum atomic E-state index is -1.12. The van der Waals surface area contributed by atoms with E-state index in [9.17, 15) is 19.5 Å². The summed E-state index contributed by atoms with van der Waals surface area (Å²) < 4.78 is 15.7. The molecule has 3 aromatic rings. The molecule has 2 N–H and O–H groups in total. The van der Waals surface area contributed by atoms with Crippen LogP contribution in [-0.2, 0) is 14.4 Å². The van der Waals surface area contributed by atoms with Crippen molar-refractivity contribution in [2.75, 3.05) is 25.7 Å². The van der Waals surface area contributed by atoms with E-state index in [0.717, 1.165) is 0 Å². The molecule has 0 bridgehead atoms. The summed E-state index contributed by atoms with van der Waals surface area (Å²) in [5, 5.41) is 20.0. The Labute approximate surface area is 206 Å². The van der Waals surface area contributed by atoms with Crippen molar-refractivity contribution in [3.05, 3.63) is 89.5 Å². The average molecular weight is 489 g/mol. The van der Waals surface area contributed by atoms with E-state index in [4.69, 9.17) is 19.3 Å². The Bertz CT molecular complexity index is 1330. The molecular weight excluding hydrogens is 466 g/mol. The van der Waals surface area contributed by atoms with Gasteiger partial charge in [0.15, 0.2) is 6.61 Å².